The van der Waals surface area contributed by atoms with Crippen LogP contribution in [0, 0.1) is 0 Å². The summed E-state index contributed by atoms with van der Waals surface area (Å²) in [6, 6.07) is 16.2. The molecule has 0 amide bonds. The standard InChI is InChI=1S/C19H18N4O/c1-3-23(13-8-5-4-6-9-13)19-18-17(20-12-21-19)16-14(22-18)10-7-11-15(16)24-2/h4-12,22H,3H2,1-2H3. The molecule has 0 fully saturated rings. The number of rotatable bonds is 4. The number of benzene rings is 2. The fourth-order valence-electron chi connectivity index (χ4n) is 3.13. The zero-order chi connectivity index (χ0) is 16.5. The molecule has 0 aliphatic rings. The van der Waals surface area contributed by atoms with Crippen molar-refractivity contribution >= 4 is 33.4 Å². The number of H-pyrrole nitrogens is 1. The van der Waals surface area contributed by atoms with Gasteiger partial charge in [0.25, 0.3) is 0 Å². The summed E-state index contributed by atoms with van der Waals surface area (Å²) in [4.78, 5) is 14.7. The van der Waals surface area contributed by atoms with Crippen LogP contribution in [0.5, 0.6) is 5.75 Å². The number of methoxy groups -OCH3 is 1. The van der Waals surface area contributed by atoms with Gasteiger partial charge in [0.15, 0.2) is 5.82 Å². The van der Waals surface area contributed by atoms with Crippen LogP contribution >= 0.6 is 0 Å². The minimum Gasteiger partial charge on any atom is -0.496 e. The Balaban J connectivity index is 2.00. The molecule has 2 aromatic carbocycles. The lowest BCUT2D eigenvalue weighted by Gasteiger charge is -2.22. The maximum absolute atomic E-state index is 5.51. The molecule has 0 saturated carbocycles. The average molecular weight is 318 g/mol. The fourth-order valence-corrected chi connectivity index (χ4v) is 3.13. The normalized spacial score (nSPS) is 11.1. The maximum Gasteiger partial charge on any atom is 0.160 e. The number of ether oxygens (including phenoxy) is 1. The molecule has 24 heavy (non-hydrogen) atoms. The number of nitrogens with zero attached hydrogens (tertiary/aromatic N) is 3. The summed E-state index contributed by atoms with van der Waals surface area (Å²) in [7, 11) is 1.68. The first-order valence-corrected chi connectivity index (χ1v) is 7.95. The number of para-hydroxylation sites is 1. The van der Waals surface area contributed by atoms with Gasteiger partial charge < -0.3 is 14.6 Å². The summed E-state index contributed by atoms with van der Waals surface area (Å²) in [5.74, 6) is 1.68. The van der Waals surface area contributed by atoms with Gasteiger partial charge in [0, 0.05) is 12.2 Å². The molecule has 5 nitrogen and oxygen atoms in total. The highest BCUT2D eigenvalue weighted by Gasteiger charge is 2.18. The predicted octanol–water partition coefficient (Wildman–Crippen LogP) is 4.28. The molecule has 0 bridgehead atoms. The van der Waals surface area contributed by atoms with Crippen molar-refractivity contribution in [3.63, 3.8) is 0 Å². The Kier molecular flexibility index (Phi) is 3.54. The summed E-state index contributed by atoms with van der Waals surface area (Å²) in [5, 5.41) is 0.989. The van der Waals surface area contributed by atoms with Crippen molar-refractivity contribution in [1.82, 2.24) is 15.0 Å². The highest BCUT2D eigenvalue weighted by atomic mass is 16.5. The molecule has 0 aliphatic carbocycles. The van der Waals surface area contributed by atoms with Crippen molar-refractivity contribution in [3.8, 4) is 5.75 Å². The van der Waals surface area contributed by atoms with Crippen LogP contribution in [-0.4, -0.2) is 28.6 Å². The lowest BCUT2D eigenvalue weighted by atomic mass is 10.2. The van der Waals surface area contributed by atoms with Crippen LogP contribution in [0.15, 0.2) is 54.9 Å². The third kappa shape index (κ3) is 2.17. The highest BCUT2D eigenvalue weighted by Crippen LogP contribution is 2.36. The Morgan fingerprint density at radius 1 is 1.04 bits per heavy atom. The second kappa shape index (κ2) is 5.85. The van der Waals surface area contributed by atoms with Crippen molar-refractivity contribution in [2.24, 2.45) is 0 Å². The van der Waals surface area contributed by atoms with Crippen LogP contribution in [0.25, 0.3) is 21.9 Å². The number of aromatic nitrogens is 3. The van der Waals surface area contributed by atoms with E-state index in [-0.39, 0.29) is 0 Å². The summed E-state index contributed by atoms with van der Waals surface area (Å²) < 4.78 is 5.51. The van der Waals surface area contributed by atoms with E-state index < -0.39 is 0 Å². The minimum absolute atomic E-state index is 0.808. The molecule has 0 atom stereocenters. The van der Waals surface area contributed by atoms with Crippen molar-refractivity contribution in [1.29, 1.82) is 0 Å². The fraction of sp³-hybridized carbons (Fsp3) is 0.158. The second-order valence-electron chi connectivity index (χ2n) is 5.51. The number of anilines is 2. The molecule has 0 spiro atoms. The number of nitrogens with one attached hydrogen (secondary N) is 1. The van der Waals surface area contributed by atoms with Gasteiger partial charge in [-0.25, -0.2) is 9.97 Å². The third-order valence-corrected chi connectivity index (χ3v) is 4.21. The number of hydrogen-bond donors (Lipinski definition) is 1. The van der Waals surface area contributed by atoms with Gasteiger partial charge in [0.05, 0.1) is 18.0 Å². The molecule has 1 N–H and O–H groups in total. The molecular formula is C19H18N4O. The van der Waals surface area contributed by atoms with E-state index in [1.165, 1.54) is 0 Å². The zero-order valence-corrected chi connectivity index (χ0v) is 13.7. The van der Waals surface area contributed by atoms with E-state index in [9.17, 15) is 0 Å². The Labute approximate surface area is 139 Å². The topological polar surface area (TPSA) is 54.0 Å². The van der Waals surface area contributed by atoms with E-state index in [4.69, 9.17) is 4.74 Å². The summed E-state index contributed by atoms with van der Waals surface area (Å²) in [6.07, 6.45) is 1.61. The molecule has 2 heterocycles. The molecule has 0 aliphatic heterocycles. The van der Waals surface area contributed by atoms with Crippen molar-refractivity contribution in [3.05, 3.63) is 54.9 Å². The number of fused-ring (bicyclic) bond motifs is 3. The first-order valence-electron chi connectivity index (χ1n) is 7.95. The van der Waals surface area contributed by atoms with E-state index in [1.54, 1.807) is 13.4 Å². The third-order valence-electron chi connectivity index (χ3n) is 4.21. The van der Waals surface area contributed by atoms with E-state index >= 15 is 0 Å². The van der Waals surface area contributed by atoms with Crippen LogP contribution in [0.1, 0.15) is 6.92 Å². The van der Waals surface area contributed by atoms with Crippen LogP contribution in [0.4, 0.5) is 11.5 Å². The van der Waals surface area contributed by atoms with Crippen molar-refractivity contribution in [2.45, 2.75) is 6.92 Å². The highest BCUT2D eigenvalue weighted by molar-refractivity contribution is 6.11. The maximum atomic E-state index is 5.51. The zero-order valence-electron chi connectivity index (χ0n) is 13.7. The molecule has 120 valence electrons. The van der Waals surface area contributed by atoms with Gasteiger partial charge >= 0.3 is 0 Å². The van der Waals surface area contributed by atoms with Crippen LogP contribution < -0.4 is 9.64 Å². The number of hydrogen-bond acceptors (Lipinski definition) is 4. The quantitative estimate of drug-likeness (QED) is 0.610. The van der Waals surface area contributed by atoms with Gasteiger partial charge in [-0.15, -0.1) is 0 Å². The Morgan fingerprint density at radius 2 is 1.88 bits per heavy atom. The molecule has 0 radical (unpaired) electrons. The molecule has 5 heteroatoms. The Hall–Kier alpha value is -3.08. The molecule has 0 saturated heterocycles. The van der Waals surface area contributed by atoms with Gasteiger partial charge in [0.2, 0.25) is 0 Å². The van der Waals surface area contributed by atoms with Crippen LogP contribution in [-0.2, 0) is 0 Å². The van der Waals surface area contributed by atoms with E-state index in [1.807, 2.05) is 36.4 Å². The Morgan fingerprint density at radius 3 is 2.62 bits per heavy atom. The van der Waals surface area contributed by atoms with Crippen molar-refractivity contribution < 1.29 is 4.74 Å². The predicted molar refractivity (Wildman–Crippen MR) is 97.1 cm³/mol. The molecule has 2 aromatic heterocycles. The van der Waals surface area contributed by atoms with Gasteiger partial charge in [-0.2, -0.15) is 0 Å². The summed E-state index contributed by atoms with van der Waals surface area (Å²) >= 11 is 0. The summed E-state index contributed by atoms with van der Waals surface area (Å²) in [6.45, 7) is 2.92. The lowest BCUT2D eigenvalue weighted by Crippen LogP contribution is -2.17. The smallest absolute Gasteiger partial charge is 0.160 e. The average Bonchev–Trinajstić information content (AvgIpc) is 3.03. The monoisotopic (exact) mass is 318 g/mol. The van der Waals surface area contributed by atoms with Gasteiger partial charge in [-0.1, -0.05) is 24.3 Å². The first kappa shape index (κ1) is 14.5. The first-order chi connectivity index (χ1) is 11.8. The van der Waals surface area contributed by atoms with Crippen LogP contribution in [0.3, 0.4) is 0 Å². The molecule has 0 unspecified atom stereocenters. The summed E-state index contributed by atoms with van der Waals surface area (Å²) in [5.41, 5.74) is 3.89. The van der Waals surface area contributed by atoms with Gasteiger partial charge in [0.1, 0.15) is 23.1 Å². The van der Waals surface area contributed by atoms with Gasteiger partial charge in [-0.3, -0.25) is 0 Å². The van der Waals surface area contributed by atoms with E-state index in [0.29, 0.717) is 0 Å². The molecular weight excluding hydrogens is 300 g/mol. The SMILES string of the molecule is CCN(c1ccccc1)c1ncnc2c1[nH]c1cccc(OC)c12. The largest absolute Gasteiger partial charge is 0.496 e. The minimum atomic E-state index is 0.808. The molecule has 4 aromatic rings. The number of aromatic amines is 1. The Bertz CT molecular complexity index is 994. The van der Waals surface area contributed by atoms with E-state index in [0.717, 1.165) is 45.7 Å². The molecule has 4 rings (SSSR count). The lowest BCUT2D eigenvalue weighted by molar-refractivity contribution is 0.420. The van der Waals surface area contributed by atoms with Crippen molar-refractivity contribution in [2.75, 3.05) is 18.6 Å². The second-order valence-corrected chi connectivity index (χ2v) is 5.51. The van der Waals surface area contributed by atoms with Gasteiger partial charge in [-0.05, 0) is 31.2 Å². The van der Waals surface area contributed by atoms with E-state index in [2.05, 4.69) is 38.9 Å². The van der Waals surface area contributed by atoms with Crippen LogP contribution in [0.2, 0.25) is 0 Å².